The fraction of sp³-hybridized carbons (Fsp3) is 0.938. The number of rotatable bonds is 4. The molecule has 0 amide bonds. The standard InChI is InChI=1S/C16H32N4.HI/c1-15-7-13-19(14-8-15)10-6-9-18-16(17)20-11-4-2-3-5-12-20;/h15H,2-14H2,1H3,(H2,17,18);1H. The van der Waals surface area contributed by atoms with Crippen LogP contribution in [0.5, 0.6) is 0 Å². The van der Waals surface area contributed by atoms with Crippen LogP contribution in [0, 0.1) is 5.92 Å². The van der Waals surface area contributed by atoms with E-state index in [2.05, 4.69) is 21.7 Å². The molecule has 124 valence electrons. The molecule has 21 heavy (non-hydrogen) atoms. The highest BCUT2D eigenvalue weighted by Crippen LogP contribution is 2.15. The van der Waals surface area contributed by atoms with E-state index >= 15 is 0 Å². The third-order valence-corrected chi connectivity index (χ3v) is 4.71. The van der Waals surface area contributed by atoms with E-state index in [0.29, 0.717) is 0 Å². The van der Waals surface area contributed by atoms with Crippen molar-refractivity contribution < 1.29 is 0 Å². The van der Waals surface area contributed by atoms with Gasteiger partial charge in [0.05, 0.1) is 0 Å². The largest absolute Gasteiger partial charge is 0.370 e. The molecular weight excluding hydrogens is 375 g/mol. The van der Waals surface area contributed by atoms with E-state index < -0.39 is 0 Å². The van der Waals surface area contributed by atoms with Crippen LogP contribution in [0.3, 0.4) is 0 Å². The summed E-state index contributed by atoms with van der Waals surface area (Å²) in [6, 6.07) is 0. The lowest BCUT2D eigenvalue weighted by molar-refractivity contribution is 0.191. The molecule has 0 unspecified atom stereocenters. The molecule has 0 aromatic heterocycles. The van der Waals surface area contributed by atoms with Crippen molar-refractivity contribution in [2.24, 2.45) is 16.6 Å². The number of hydrogen-bond donors (Lipinski definition) is 1. The van der Waals surface area contributed by atoms with Crippen molar-refractivity contribution in [3.63, 3.8) is 0 Å². The molecule has 0 bridgehead atoms. The summed E-state index contributed by atoms with van der Waals surface area (Å²) in [7, 11) is 0. The van der Waals surface area contributed by atoms with Gasteiger partial charge in [0.25, 0.3) is 0 Å². The van der Waals surface area contributed by atoms with Crippen molar-refractivity contribution in [2.45, 2.75) is 51.9 Å². The van der Waals surface area contributed by atoms with Crippen LogP contribution in [-0.2, 0) is 0 Å². The van der Waals surface area contributed by atoms with Crippen LogP contribution in [0.15, 0.2) is 4.99 Å². The van der Waals surface area contributed by atoms with Gasteiger partial charge in [-0.1, -0.05) is 19.8 Å². The Morgan fingerprint density at radius 3 is 2.29 bits per heavy atom. The van der Waals surface area contributed by atoms with Gasteiger partial charge >= 0.3 is 0 Å². The summed E-state index contributed by atoms with van der Waals surface area (Å²) in [5.41, 5.74) is 6.12. The van der Waals surface area contributed by atoms with E-state index in [4.69, 9.17) is 5.73 Å². The molecule has 2 aliphatic heterocycles. The Morgan fingerprint density at radius 1 is 1.05 bits per heavy atom. The van der Waals surface area contributed by atoms with Gasteiger partial charge < -0.3 is 15.5 Å². The van der Waals surface area contributed by atoms with Crippen molar-refractivity contribution >= 4 is 29.9 Å². The summed E-state index contributed by atoms with van der Waals surface area (Å²) in [5.74, 6) is 1.70. The van der Waals surface area contributed by atoms with Gasteiger partial charge in [-0.2, -0.15) is 0 Å². The molecule has 2 saturated heterocycles. The molecule has 2 heterocycles. The van der Waals surface area contributed by atoms with E-state index in [1.54, 1.807) is 0 Å². The number of halogens is 1. The molecule has 2 aliphatic rings. The zero-order chi connectivity index (χ0) is 14.2. The fourth-order valence-corrected chi connectivity index (χ4v) is 3.17. The highest BCUT2D eigenvalue weighted by atomic mass is 127. The number of piperidine rings is 1. The molecule has 0 aromatic rings. The predicted molar refractivity (Wildman–Crippen MR) is 101 cm³/mol. The normalized spacial score (nSPS) is 22.7. The zero-order valence-electron chi connectivity index (χ0n) is 13.6. The van der Waals surface area contributed by atoms with E-state index in [1.165, 1.54) is 58.2 Å². The Morgan fingerprint density at radius 2 is 1.67 bits per heavy atom. The highest BCUT2D eigenvalue weighted by molar-refractivity contribution is 14.0. The summed E-state index contributed by atoms with van der Waals surface area (Å²) in [6.45, 7) is 9.17. The minimum atomic E-state index is 0. The van der Waals surface area contributed by atoms with Gasteiger partial charge in [-0.15, -0.1) is 24.0 Å². The smallest absolute Gasteiger partial charge is 0.191 e. The lowest BCUT2D eigenvalue weighted by Crippen LogP contribution is -2.38. The second kappa shape index (κ2) is 10.6. The minimum Gasteiger partial charge on any atom is -0.370 e. The summed E-state index contributed by atoms with van der Waals surface area (Å²) < 4.78 is 0. The number of nitrogens with two attached hydrogens (primary N) is 1. The first kappa shape index (κ1) is 19.0. The lowest BCUT2D eigenvalue weighted by Gasteiger charge is -2.29. The van der Waals surface area contributed by atoms with Gasteiger partial charge in [-0.3, -0.25) is 4.99 Å². The molecule has 2 N–H and O–H groups in total. The summed E-state index contributed by atoms with van der Waals surface area (Å²) in [4.78, 5) is 9.44. The molecule has 0 saturated carbocycles. The first-order valence-electron chi connectivity index (χ1n) is 8.53. The Balaban J connectivity index is 0.00000220. The average molecular weight is 408 g/mol. The molecule has 4 nitrogen and oxygen atoms in total. The molecule has 0 spiro atoms. The van der Waals surface area contributed by atoms with Crippen molar-refractivity contribution in [1.29, 1.82) is 0 Å². The van der Waals surface area contributed by atoms with Gasteiger partial charge in [0.15, 0.2) is 5.96 Å². The van der Waals surface area contributed by atoms with Gasteiger partial charge in [0.2, 0.25) is 0 Å². The van der Waals surface area contributed by atoms with Crippen LogP contribution in [-0.4, -0.2) is 55.0 Å². The average Bonchev–Trinajstić information content (AvgIpc) is 2.74. The molecule has 0 radical (unpaired) electrons. The van der Waals surface area contributed by atoms with Crippen LogP contribution in [0.25, 0.3) is 0 Å². The van der Waals surface area contributed by atoms with Crippen molar-refractivity contribution in [3.8, 4) is 0 Å². The van der Waals surface area contributed by atoms with Gasteiger partial charge in [0.1, 0.15) is 0 Å². The van der Waals surface area contributed by atoms with Gasteiger partial charge in [0, 0.05) is 19.6 Å². The topological polar surface area (TPSA) is 44.9 Å². The molecule has 5 heteroatoms. The SMILES string of the molecule is CC1CCN(CCCN=C(N)N2CCCCCC2)CC1.I. The Kier molecular flexibility index (Phi) is 9.64. The van der Waals surface area contributed by atoms with Crippen LogP contribution < -0.4 is 5.73 Å². The van der Waals surface area contributed by atoms with Crippen LogP contribution in [0.1, 0.15) is 51.9 Å². The summed E-state index contributed by atoms with van der Waals surface area (Å²) in [6.07, 6.45) is 9.08. The predicted octanol–water partition coefficient (Wildman–Crippen LogP) is 2.92. The third-order valence-electron chi connectivity index (χ3n) is 4.71. The van der Waals surface area contributed by atoms with Gasteiger partial charge in [-0.25, -0.2) is 0 Å². The lowest BCUT2D eigenvalue weighted by atomic mass is 9.99. The Labute approximate surface area is 147 Å². The zero-order valence-corrected chi connectivity index (χ0v) is 15.9. The second-order valence-corrected chi connectivity index (χ2v) is 6.52. The Hall–Kier alpha value is -0.0400. The number of likely N-dealkylation sites (tertiary alicyclic amines) is 2. The highest BCUT2D eigenvalue weighted by Gasteiger charge is 2.15. The number of nitrogens with zero attached hydrogens (tertiary/aromatic N) is 3. The van der Waals surface area contributed by atoms with E-state index in [9.17, 15) is 0 Å². The van der Waals surface area contributed by atoms with Crippen molar-refractivity contribution in [3.05, 3.63) is 0 Å². The summed E-state index contributed by atoms with van der Waals surface area (Å²) in [5, 5.41) is 0. The molecule has 0 aliphatic carbocycles. The molecule has 2 fully saturated rings. The maximum absolute atomic E-state index is 6.12. The van der Waals surface area contributed by atoms with Crippen molar-refractivity contribution in [1.82, 2.24) is 9.80 Å². The van der Waals surface area contributed by atoms with Crippen LogP contribution in [0.4, 0.5) is 0 Å². The van der Waals surface area contributed by atoms with Gasteiger partial charge in [-0.05, 0) is 57.7 Å². The minimum absolute atomic E-state index is 0. The first-order valence-corrected chi connectivity index (χ1v) is 8.53. The maximum atomic E-state index is 6.12. The van der Waals surface area contributed by atoms with E-state index in [0.717, 1.165) is 37.9 Å². The number of aliphatic imine (C=N–C) groups is 1. The summed E-state index contributed by atoms with van der Waals surface area (Å²) >= 11 is 0. The first-order chi connectivity index (χ1) is 9.75. The molecule has 2 rings (SSSR count). The second-order valence-electron chi connectivity index (χ2n) is 6.52. The van der Waals surface area contributed by atoms with Crippen LogP contribution in [0.2, 0.25) is 0 Å². The van der Waals surface area contributed by atoms with E-state index in [-0.39, 0.29) is 24.0 Å². The van der Waals surface area contributed by atoms with Crippen molar-refractivity contribution in [2.75, 3.05) is 39.3 Å². The monoisotopic (exact) mass is 408 g/mol. The Bertz CT molecular complexity index is 293. The quantitative estimate of drug-likeness (QED) is 0.337. The molecule has 0 aromatic carbocycles. The third kappa shape index (κ3) is 7.17. The number of hydrogen-bond acceptors (Lipinski definition) is 2. The maximum Gasteiger partial charge on any atom is 0.191 e. The number of guanidine groups is 1. The van der Waals surface area contributed by atoms with Crippen LogP contribution >= 0.6 is 24.0 Å². The van der Waals surface area contributed by atoms with E-state index in [1.807, 2.05) is 0 Å². The molecule has 0 atom stereocenters. The molecular formula is C16H33IN4. The fourth-order valence-electron chi connectivity index (χ4n) is 3.17.